The topological polar surface area (TPSA) is 40.1 Å². The molecule has 0 spiro atoms. The van der Waals surface area contributed by atoms with Crippen LogP contribution in [0.3, 0.4) is 0 Å². The van der Waals surface area contributed by atoms with E-state index in [9.17, 15) is 8.76 Å². The summed E-state index contributed by atoms with van der Waals surface area (Å²) in [6, 6.07) is 7.03. The van der Waals surface area contributed by atoms with Crippen LogP contribution in [0.1, 0.15) is 5.56 Å². The number of thiol groups is 1. The van der Waals surface area contributed by atoms with Crippen LogP contribution in [0, 0.1) is 0 Å². The van der Waals surface area contributed by atoms with Crippen molar-refractivity contribution in [3.05, 3.63) is 29.8 Å². The molecule has 1 atom stereocenters. The van der Waals surface area contributed by atoms with Gasteiger partial charge in [-0.15, -0.1) is 12.6 Å². The summed E-state index contributed by atoms with van der Waals surface area (Å²) in [6.45, 7) is 0. The minimum atomic E-state index is -2.00. The predicted octanol–water partition coefficient (Wildman–Crippen LogP) is 1.35. The van der Waals surface area contributed by atoms with Crippen LogP contribution in [0.25, 0.3) is 0 Å². The Kier molecular flexibility index (Phi) is 3.11. The Hall–Kier alpha value is -0.320. The van der Waals surface area contributed by atoms with Crippen molar-refractivity contribution >= 4 is 23.7 Å². The Labute approximate surface area is 73.3 Å². The van der Waals surface area contributed by atoms with Crippen LogP contribution < -0.4 is 0 Å². The fourth-order valence-corrected chi connectivity index (χ4v) is 1.34. The SMILES string of the molecule is O=S([O-])Cc1ccc(S)cc1. The third kappa shape index (κ3) is 3.05. The molecule has 0 N–H and O–H groups in total. The minimum Gasteiger partial charge on any atom is -0.772 e. The summed E-state index contributed by atoms with van der Waals surface area (Å²) in [6.07, 6.45) is 0. The monoisotopic (exact) mass is 187 g/mol. The lowest BCUT2D eigenvalue weighted by Gasteiger charge is -2.03. The van der Waals surface area contributed by atoms with Gasteiger partial charge in [-0.25, -0.2) is 0 Å². The van der Waals surface area contributed by atoms with Crippen molar-refractivity contribution in [2.24, 2.45) is 0 Å². The number of hydrogen-bond acceptors (Lipinski definition) is 3. The van der Waals surface area contributed by atoms with E-state index in [1.807, 2.05) is 0 Å². The molecule has 60 valence electrons. The van der Waals surface area contributed by atoms with Gasteiger partial charge in [-0.1, -0.05) is 23.2 Å². The molecule has 11 heavy (non-hydrogen) atoms. The van der Waals surface area contributed by atoms with Gasteiger partial charge in [0.05, 0.1) is 0 Å². The summed E-state index contributed by atoms with van der Waals surface area (Å²) < 4.78 is 20.5. The molecule has 0 saturated carbocycles. The lowest BCUT2D eigenvalue weighted by molar-refractivity contribution is 0.536. The normalized spacial score (nSPS) is 12.9. The van der Waals surface area contributed by atoms with Gasteiger partial charge < -0.3 is 4.55 Å². The van der Waals surface area contributed by atoms with Crippen LogP contribution in [0.5, 0.6) is 0 Å². The summed E-state index contributed by atoms with van der Waals surface area (Å²) in [5.41, 5.74) is 0.788. The van der Waals surface area contributed by atoms with Crippen LogP contribution in [0.15, 0.2) is 29.2 Å². The van der Waals surface area contributed by atoms with Crippen LogP contribution in [0.2, 0.25) is 0 Å². The van der Waals surface area contributed by atoms with Gasteiger partial charge >= 0.3 is 0 Å². The number of hydrogen-bond donors (Lipinski definition) is 1. The first-order valence-corrected chi connectivity index (χ1v) is 4.71. The molecule has 0 amide bonds. The van der Waals surface area contributed by atoms with E-state index < -0.39 is 11.1 Å². The van der Waals surface area contributed by atoms with Gasteiger partial charge in [0.2, 0.25) is 0 Å². The Balaban J connectivity index is 2.74. The zero-order chi connectivity index (χ0) is 8.27. The van der Waals surface area contributed by atoms with Gasteiger partial charge in [0.15, 0.2) is 0 Å². The number of benzene rings is 1. The standard InChI is InChI=1S/C7H8O2S2/c8-11(9)5-6-1-3-7(10)4-2-6/h1-4,10H,5H2,(H,8,9)/p-1. The van der Waals surface area contributed by atoms with E-state index in [2.05, 4.69) is 12.6 Å². The molecule has 0 radical (unpaired) electrons. The molecule has 2 nitrogen and oxygen atoms in total. The summed E-state index contributed by atoms with van der Waals surface area (Å²) in [5.74, 6) is 0.0774. The quantitative estimate of drug-likeness (QED) is 0.561. The van der Waals surface area contributed by atoms with Crippen LogP contribution in [-0.4, -0.2) is 8.76 Å². The van der Waals surface area contributed by atoms with Crippen LogP contribution >= 0.6 is 12.6 Å². The predicted molar refractivity (Wildman–Crippen MR) is 46.3 cm³/mol. The highest BCUT2D eigenvalue weighted by Crippen LogP contribution is 2.08. The third-order valence-electron chi connectivity index (χ3n) is 1.22. The van der Waals surface area contributed by atoms with E-state index >= 15 is 0 Å². The lowest BCUT2D eigenvalue weighted by atomic mass is 10.2. The average Bonchev–Trinajstić information content (AvgIpc) is 1.93. The van der Waals surface area contributed by atoms with Crippen LogP contribution in [0.4, 0.5) is 0 Å². The Bertz CT molecular complexity index is 256. The van der Waals surface area contributed by atoms with Gasteiger partial charge in [-0.3, -0.25) is 4.21 Å². The first-order valence-electron chi connectivity index (χ1n) is 3.02. The highest BCUT2D eigenvalue weighted by molar-refractivity contribution is 7.80. The molecule has 0 aliphatic rings. The van der Waals surface area contributed by atoms with E-state index in [1.54, 1.807) is 24.3 Å². The first-order chi connectivity index (χ1) is 5.18. The Morgan fingerprint density at radius 3 is 2.36 bits per heavy atom. The Morgan fingerprint density at radius 1 is 1.36 bits per heavy atom. The summed E-state index contributed by atoms with van der Waals surface area (Å²) in [5, 5.41) is 0. The van der Waals surface area contributed by atoms with Crippen molar-refractivity contribution in [2.75, 3.05) is 0 Å². The van der Waals surface area contributed by atoms with Gasteiger partial charge in [0.25, 0.3) is 0 Å². The maximum absolute atomic E-state index is 10.2. The third-order valence-corrected chi connectivity index (χ3v) is 2.09. The van der Waals surface area contributed by atoms with Gasteiger partial charge in [0, 0.05) is 10.6 Å². The summed E-state index contributed by atoms with van der Waals surface area (Å²) in [4.78, 5) is 0.838. The van der Waals surface area contributed by atoms with Crippen molar-refractivity contribution in [3.63, 3.8) is 0 Å². The van der Waals surface area contributed by atoms with E-state index in [1.165, 1.54) is 0 Å². The van der Waals surface area contributed by atoms with Gasteiger partial charge in [0.1, 0.15) is 0 Å². The summed E-state index contributed by atoms with van der Waals surface area (Å²) in [7, 11) is 0. The molecule has 0 heterocycles. The minimum absolute atomic E-state index is 0.0774. The van der Waals surface area contributed by atoms with Crippen LogP contribution in [-0.2, 0) is 16.8 Å². The zero-order valence-corrected chi connectivity index (χ0v) is 7.40. The maximum atomic E-state index is 10.2. The molecule has 0 aliphatic carbocycles. The average molecular weight is 187 g/mol. The van der Waals surface area contributed by atoms with E-state index in [4.69, 9.17) is 0 Å². The molecule has 0 fully saturated rings. The van der Waals surface area contributed by atoms with Gasteiger partial charge in [-0.05, 0) is 17.7 Å². The second-order valence-corrected chi connectivity index (χ2v) is 3.53. The van der Waals surface area contributed by atoms with Crippen molar-refractivity contribution in [1.29, 1.82) is 0 Å². The molecular formula is C7H7O2S2-. The largest absolute Gasteiger partial charge is 0.772 e. The molecule has 1 aromatic rings. The highest BCUT2D eigenvalue weighted by atomic mass is 32.2. The fraction of sp³-hybridized carbons (Fsp3) is 0.143. The van der Waals surface area contributed by atoms with Crippen molar-refractivity contribution in [1.82, 2.24) is 0 Å². The van der Waals surface area contributed by atoms with E-state index in [0.717, 1.165) is 10.5 Å². The second-order valence-electron chi connectivity index (χ2n) is 2.11. The first kappa shape index (κ1) is 8.77. The molecule has 0 aliphatic heterocycles. The zero-order valence-electron chi connectivity index (χ0n) is 5.69. The van der Waals surface area contributed by atoms with Crippen molar-refractivity contribution in [3.8, 4) is 0 Å². The maximum Gasteiger partial charge on any atom is 0.0353 e. The smallest absolute Gasteiger partial charge is 0.0353 e. The molecule has 1 unspecified atom stereocenters. The molecule has 0 saturated heterocycles. The fourth-order valence-electron chi connectivity index (χ4n) is 0.728. The highest BCUT2D eigenvalue weighted by Gasteiger charge is 1.90. The molecule has 1 aromatic carbocycles. The van der Waals surface area contributed by atoms with Crippen molar-refractivity contribution < 1.29 is 8.76 Å². The molecule has 1 rings (SSSR count). The Morgan fingerprint density at radius 2 is 1.91 bits per heavy atom. The van der Waals surface area contributed by atoms with Crippen molar-refractivity contribution in [2.45, 2.75) is 10.6 Å². The van der Waals surface area contributed by atoms with Gasteiger partial charge in [-0.2, -0.15) is 0 Å². The molecule has 4 heteroatoms. The molecular weight excluding hydrogens is 180 g/mol. The number of rotatable bonds is 2. The van der Waals surface area contributed by atoms with E-state index in [0.29, 0.717) is 0 Å². The molecule has 0 aromatic heterocycles. The molecule has 0 bridgehead atoms. The second kappa shape index (κ2) is 3.90. The summed E-state index contributed by atoms with van der Waals surface area (Å²) >= 11 is 2.07. The van der Waals surface area contributed by atoms with E-state index in [-0.39, 0.29) is 5.75 Å². The lowest BCUT2D eigenvalue weighted by Crippen LogP contribution is -1.92.